The van der Waals surface area contributed by atoms with Crippen LogP contribution in [0.3, 0.4) is 0 Å². The van der Waals surface area contributed by atoms with E-state index in [1.54, 1.807) is 28.4 Å². The van der Waals surface area contributed by atoms with Crippen LogP contribution in [0.5, 0.6) is 34.5 Å². The van der Waals surface area contributed by atoms with E-state index in [9.17, 15) is 5.26 Å². The summed E-state index contributed by atoms with van der Waals surface area (Å²) in [6, 6.07) is 8.90. The first-order chi connectivity index (χ1) is 19.8. The Kier molecular flexibility index (Phi) is 11.4. The van der Waals surface area contributed by atoms with E-state index in [2.05, 4.69) is 31.9 Å². The van der Waals surface area contributed by atoms with Crippen LogP contribution in [0.2, 0.25) is 0 Å². The van der Waals surface area contributed by atoms with Crippen molar-refractivity contribution in [2.45, 2.75) is 77.8 Å². The molecular weight excluding hydrogens is 520 g/mol. The van der Waals surface area contributed by atoms with E-state index in [1.165, 1.54) is 0 Å². The maximum Gasteiger partial charge on any atom is 0.207 e. The maximum atomic E-state index is 10.6. The Balaban J connectivity index is 1.94. The van der Waals surface area contributed by atoms with Crippen molar-refractivity contribution in [2.75, 3.05) is 48.7 Å². The van der Waals surface area contributed by atoms with Gasteiger partial charge in [-0.05, 0) is 70.2 Å². The minimum atomic E-state index is -0.630. The van der Waals surface area contributed by atoms with E-state index in [1.807, 2.05) is 32.0 Å². The second kappa shape index (κ2) is 14.5. The first-order valence-electron chi connectivity index (χ1n) is 14.7. The fourth-order valence-corrected chi connectivity index (χ4v) is 6.18. The normalized spacial score (nSPS) is 17.0. The predicted octanol–water partition coefficient (Wildman–Crippen LogP) is 6.55. The van der Waals surface area contributed by atoms with Gasteiger partial charge in [-0.1, -0.05) is 26.3 Å². The lowest BCUT2D eigenvalue weighted by Crippen LogP contribution is -2.39. The molecule has 0 amide bonds. The number of methoxy groups -OCH3 is 4. The monoisotopic (exact) mass is 568 g/mol. The van der Waals surface area contributed by atoms with Crippen LogP contribution in [0.1, 0.15) is 70.1 Å². The maximum absolute atomic E-state index is 10.6. The summed E-state index contributed by atoms with van der Waals surface area (Å²) < 4.78 is 34.9. The molecule has 8 nitrogen and oxygen atoms in total. The standard InChI is InChI=1S/C33H48N2O6/c1-10-22(4)33(21-34,23-15-16-27(36-6)28(18-23)37-7)17-13-14-24-19-25-26(20-35(24)5)30(41-12-3)32(39-9)31(38-8)29(25)40-11-2/h15-16,18,22,24H,10-14,17,19-20H2,1-9H3. The Morgan fingerprint density at radius 2 is 1.51 bits per heavy atom. The van der Waals surface area contributed by atoms with E-state index in [4.69, 9.17) is 28.4 Å². The summed E-state index contributed by atoms with van der Waals surface area (Å²) >= 11 is 0. The summed E-state index contributed by atoms with van der Waals surface area (Å²) in [6.45, 7) is 10.0. The van der Waals surface area contributed by atoms with Crippen molar-refractivity contribution < 1.29 is 28.4 Å². The first-order valence-corrected chi connectivity index (χ1v) is 14.7. The number of ether oxygens (including phenoxy) is 6. The van der Waals surface area contributed by atoms with Crippen molar-refractivity contribution >= 4 is 0 Å². The van der Waals surface area contributed by atoms with Crippen LogP contribution in [0, 0.1) is 17.2 Å². The average Bonchev–Trinajstić information content (AvgIpc) is 3.00. The molecule has 1 heterocycles. The van der Waals surface area contributed by atoms with Crippen molar-refractivity contribution in [3.63, 3.8) is 0 Å². The van der Waals surface area contributed by atoms with Gasteiger partial charge < -0.3 is 28.4 Å². The van der Waals surface area contributed by atoms with Gasteiger partial charge in [-0.15, -0.1) is 0 Å². The average molecular weight is 569 g/mol. The lowest BCUT2D eigenvalue weighted by molar-refractivity contribution is 0.183. The molecule has 0 radical (unpaired) electrons. The summed E-state index contributed by atoms with van der Waals surface area (Å²) in [5.41, 5.74) is 2.55. The number of fused-ring (bicyclic) bond motifs is 1. The highest BCUT2D eigenvalue weighted by molar-refractivity contribution is 5.68. The SMILES string of the molecule is CCOc1c2c(c(OCC)c(OC)c1OC)CN(C)C(CCCC(C#N)(c1ccc(OC)c(OC)c1)C(C)CC)C2. The van der Waals surface area contributed by atoms with Crippen LogP contribution >= 0.6 is 0 Å². The highest BCUT2D eigenvalue weighted by atomic mass is 16.5. The smallest absolute Gasteiger partial charge is 0.207 e. The van der Waals surface area contributed by atoms with Gasteiger partial charge in [0, 0.05) is 23.7 Å². The summed E-state index contributed by atoms with van der Waals surface area (Å²) in [4.78, 5) is 2.38. The number of nitriles is 1. The van der Waals surface area contributed by atoms with E-state index in [0.717, 1.165) is 60.3 Å². The van der Waals surface area contributed by atoms with Gasteiger partial charge in [0.25, 0.3) is 0 Å². The van der Waals surface area contributed by atoms with Gasteiger partial charge in [-0.25, -0.2) is 0 Å². The minimum Gasteiger partial charge on any atom is -0.493 e. The van der Waals surface area contributed by atoms with Gasteiger partial charge in [0.05, 0.1) is 53.1 Å². The highest BCUT2D eigenvalue weighted by Crippen LogP contribution is 2.52. The third-order valence-electron chi connectivity index (χ3n) is 8.65. The number of nitrogens with zero attached hydrogens (tertiary/aromatic N) is 2. The molecule has 0 saturated heterocycles. The molecular formula is C33H48N2O6. The first kappa shape index (κ1) is 32.2. The van der Waals surface area contributed by atoms with Crippen LogP contribution in [0.4, 0.5) is 0 Å². The van der Waals surface area contributed by atoms with E-state index < -0.39 is 5.41 Å². The summed E-state index contributed by atoms with van der Waals surface area (Å²) in [7, 11) is 8.69. The Bertz CT molecular complexity index is 1210. The molecule has 3 unspecified atom stereocenters. The Morgan fingerprint density at radius 3 is 2.02 bits per heavy atom. The van der Waals surface area contributed by atoms with E-state index in [-0.39, 0.29) is 12.0 Å². The van der Waals surface area contributed by atoms with Crippen molar-refractivity contribution in [1.29, 1.82) is 5.26 Å². The molecule has 226 valence electrons. The van der Waals surface area contributed by atoms with Gasteiger partial charge in [-0.3, -0.25) is 4.90 Å². The van der Waals surface area contributed by atoms with Crippen LogP contribution in [0.15, 0.2) is 18.2 Å². The van der Waals surface area contributed by atoms with Crippen LogP contribution < -0.4 is 28.4 Å². The van der Waals surface area contributed by atoms with Crippen molar-refractivity contribution in [2.24, 2.45) is 5.92 Å². The summed E-state index contributed by atoms with van der Waals surface area (Å²) in [6.07, 6.45) is 4.28. The third kappa shape index (κ3) is 6.30. The third-order valence-corrected chi connectivity index (χ3v) is 8.65. The molecule has 0 spiro atoms. The number of rotatable bonds is 15. The van der Waals surface area contributed by atoms with Crippen LogP contribution in [-0.4, -0.2) is 59.6 Å². The molecule has 2 aromatic rings. The number of hydrogen-bond acceptors (Lipinski definition) is 8. The second-order valence-electron chi connectivity index (χ2n) is 10.7. The molecule has 2 aromatic carbocycles. The second-order valence-corrected chi connectivity index (χ2v) is 10.7. The minimum absolute atomic E-state index is 0.172. The molecule has 1 aliphatic heterocycles. The molecule has 8 heteroatoms. The predicted molar refractivity (Wildman–Crippen MR) is 161 cm³/mol. The Hall–Kier alpha value is -3.31. The molecule has 0 bridgehead atoms. The fourth-order valence-electron chi connectivity index (χ4n) is 6.18. The Morgan fingerprint density at radius 1 is 0.902 bits per heavy atom. The largest absolute Gasteiger partial charge is 0.493 e. The molecule has 0 saturated carbocycles. The van der Waals surface area contributed by atoms with Crippen LogP contribution in [0.25, 0.3) is 0 Å². The molecule has 0 aliphatic carbocycles. The fraction of sp³-hybridized carbons (Fsp3) is 0.606. The zero-order valence-corrected chi connectivity index (χ0v) is 26.4. The zero-order chi connectivity index (χ0) is 30.2. The molecule has 3 atom stereocenters. The van der Waals surface area contributed by atoms with Crippen LogP contribution in [-0.2, 0) is 18.4 Å². The van der Waals surface area contributed by atoms with Gasteiger partial charge in [-0.2, -0.15) is 5.26 Å². The lowest BCUT2D eigenvalue weighted by atomic mass is 9.67. The zero-order valence-electron chi connectivity index (χ0n) is 26.4. The number of benzene rings is 2. The Labute approximate surface area is 246 Å². The molecule has 1 aliphatic rings. The lowest BCUT2D eigenvalue weighted by Gasteiger charge is -2.38. The number of likely N-dealkylation sites (N-methyl/N-ethyl adjacent to an activating group) is 1. The van der Waals surface area contributed by atoms with Crippen molar-refractivity contribution in [1.82, 2.24) is 4.90 Å². The van der Waals surface area contributed by atoms with Crippen molar-refractivity contribution in [3.05, 3.63) is 34.9 Å². The number of hydrogen-bond donors (Lipinski definition) is 0. The van der Waals surface area contributed by atoms with E-state index >= 15 is 0 Å². The molecule has 0 N–H and O–H groups in total. The molecule has 0 fully saturated rings. The highest BCUT2D eigenvalue weighted by Gasteiger charge is 2.39. The molecule has 41 heavy (non-hydrogen) atoms. The molecule has 0 aromatic heterocycles. The topological polar surface area (TPSA) is 82.4 Å². The van der Waals surface area contributed by atoms with E-state index in [0.29, 0.717) is 42.8 Å². The summed E-state index contributed by atoms with van der Waals surface area (Å²) in [5.74, 6) is 4.10. The summed E-state index contributed by atoms with van der Waals surface area (Å²) in [5, 5.41) is 10.6. The van der Waals surface area contributed by atoms with Gasteiger partial charge in [0.1, 0.15) is 0 Å². The van der Waals surface area contributed by atoms with Gasteiger partial charge >= 0.3 is 0 Å². The van der Waals surface area contributed by atoms with Gasteiger partial charge in [0.2, 0.25) is 11.5 Å². The quantitative estimate of drug-likeness (QED) is 0.239. The molecule has 3 rings (SSSR count). The van der Waals surface area contributed by atoms with Crippen molar-refractivity contribution in [3.8, 4) is 40.6 Å². The van der Waals surface area contributed by atoms with Gasteiger partial charge in [0.15, 0.2) is 23.0 Å².